The number of anilines is 3. The van der Waals surface area contributed by atoms with E-state index in [0.29, 0.717) is 6.54 Å². The van der Waals surface area contributed by atoms with Crippen LogP contribution in [0.2, 0.25) is 0 Å². The van der Waals surface area contributed by atoms with E-state index in [-0.39, 0.29) is 5.91 Å². The summed E-state index contributed by atoms with van der Waals surface area (Å²) in [7, 11) is 0. The molecule has 0 N–H and O–H groups in total. The van der Waals surface area contributed by atoms with E-state index in [0.717, 1.165) is 55.2 Å². The Morgan fingerprint density at radius 1 is 0.852 bits per heavy atom. The van der Waals surface area contributed by atoms with Crippen LogP contribution in [0.4, 0.5) is 17.1 Å². The number of carbonyl (C=O) groups excluding carboxylic acids is 1. The van der Waals surface area contributed by atoms with Crippen molar-refractivity contribution in [2.24, 2.45) is 0 Å². The summed E-state index contributed by atoms with van der Waals surface area (Å²) in [5.74, 6) is 6.58. The van der Waals surface area contributed by atoms with Gasteiger partial charge in [0, 0.05) is 6.54 Å². The van der Waals surface area contributed by atoms with E-state index < -0.39 is 0 Å². The third kappa shape index (κ3) is 2.79. The minimum absolute atomic E-state index is 0.0548. The Hall–Kier alpha value is -2.77. The van der Waals surface area contributed by atoms with E-state index in [1.54, 1.807) is 0 Å². The van der Waals surface area contributed by atoms with Crippen molar-refractivity contribution in [1.82, 2.24) is 4.90 Å². The van der Waals surface area contributed by atoms with Gasteiger partial charge in [0.25, 0.3) is 5.91 Å². The van der Waals surface area contributed by atoms with Crippen LogP contribution < -0.4 is 9.80 Å². The molecule has 4 heteroatoms. The quantitative estimate of drug-likeness (QED) is 0.771. The van der Waals surface area contributed by atoms with E-state index >= 15 is 0 Å². The fourth-order valence-corrected chi connectivity index (χ4v) is 4.45. The van der Waals surface area contributed by atoms with Crippen LogP contribution in [0.25, 0.3) is 0 Å². The molecule has 1 fully saturated rings. The van der Waals surface area contributed by atoms with Gasteiger partial charge >= 0.3 is 0 Å². The summed E-state index contributed by atoms with van der Waals surface area (Å²) in [5, 5.41) is 0. The summed E-state index contributed by atoms with van der Waals surface area (Å²) in [4.78, 5) is 19.9. The normalized spacial score (nSPS) is 18.0. The fraction of sp³-hybridized carbons (Fsp3) is 0.348. The molecule has 1 amide bonds. The van der Waals surface area contributed by atoms with Gasteiger partial charge in [-0.15, -0.1) is 0 Å². The van der Waals surface area contributed by atoms with Crippen molar-refractivity contribution >= 4 is 23.0 Å². The number of hydrogen-bond acceptors (Lipinski definition) is 3. The molecule has 0 bridgehead atoms. The van der Waals surface area contributed by atoms with Gasteiger partial charge in [-0.1, -0.05) is 36.1 Å². The summed E-state index contributed by atoms with van der Waals surface area (Å²) >= 11 is 0. The molecule has 0 radical (unpaired) electrons. The molecule has 2 aromatic rings. The Morgan fingerprint density at radius 2 is 1.63 bits per heavy atom. The summed E-state index contributed by atoms with van der Waals surface area (Å²) in [5.41, 5.74) is 5.21. The topological polar surface area (TPSA) is 26.8 Å². The van der Waals surface area contributed by atoms with Crippen LogP contribution in [0.15, 0.2) is 42.5 Å². The maximum Gasteiger partial charge on any atom is 0.261 e. The zero-order chi connectivity index (χ0) is 18.2. The summed E-state index contributed by atoms with van der Waals surface area (Å²) in [6, 6.07) is 14.3. The average Bonchev–Trinajstić information content (AvgIpc) is 3.35. The number of amides is 1. The highest BCUT2D eigenvalue weighted by atomic mass is 16.2. The number of likely N-dealkylation sites (tertiary alicyclic amines) is 1. The molecule has 27 heavy (non-hydrogen) atoms. The first-order chi connectivity index (χ1) is 13.3. The molecule has 0 atom stereocenters. The van der Waals surface area contributed by atoms with Crippen LogP contribution in [0.5, 0.6) is 0 Å². The third-order valence-corrected chi connectivity index (χ3v) is 5.80. The van der Waals surface area contributed by atoms with E-state index in [4.69, 9.17) is 0 Å². The van der Waals surface area contributed by atoms with Gasteiger partial charge in [-0.25, -0.2) is 0 Å². The Balaban J connectivity index is 1.50. The molecule has 0 aliphatic carbocycles. The van der Waals surface area contributed by atoms with Crippen LogP contribution in [0, 0.1) is 11.8 Å². The molecule has 3 aliphatic heterocycles. The van der Waals surface area contributed by atoms with Gasteiger partial charge in [-0.05, 0) is 56.1 Å². The standard InChI is InChI=1S/C23H23N3O/c27-23-19-9-7-8-18-12-17-25(22(18)19)20-10-1-2-11-21(20)26(23)16-6-5-15-24-13-3-4-14-24/h1-2,7-11H,3-4,12-17H2. The largest absolute Gasteiger partial charge is 0.339 e. The molecule has 136 valence electrons. The SMILES string of the molecule is O=C1c2cccc3c2N(CC3)c2ccccc2N1CC#CCN1CCCC1. The van der Waals surface area contributed by atoms with Gasteiger partial charge in [-0.2, -0.15) is 0 Å². The third-order valence-electron chi connectivity index (χ3n) is 5.80. The van der Waals surface area contributed by atoms with E-state index in [1.165, 1.54) is 18.4 Å². The molecule has 0 aromatic heterocycles. The highest BCUT2D eigenvalue weighted by molar-refractivity contribution is 6.15. The first kappa shape index (κ1) is 16.4. The molecule has 0 spiro atoms. The summed E-state index contributed by atoms with van der Waals surface area (Å²) < 4.78 is 0. The maximum atomic E-state index is 13.4. The molecule has 3 heterocycles. The predicted octanol–water partition coefficient (Wildman–Crippen LogP) is 3.44. The summed E-state index contributed by atoms with van der Waals surface area (Å²) in [6.07, 6.45) is 3.53. The van der Waals surface area contributed by atoms with Crippen LogP contribution in [0.3, 0.4) is 0 Å². The van der Waals surface area contributed by atoms with Crippen molar-refractivity contribution in [3.8, 4) is 11.8 Å². The van der Waals surface area contributed by atoms with Crippen molar-refractivity contribution in [3.05, 3.63) is 53.6 Å². The Kier molecular flexibility index (Phi) is 4.10. The molecule has 0 unspecified atom stereocenters. The van der Waals surface area contributed by atoms with Crippen molar-refractivity contribution < 1.29 is 4.79 Å². The molecule has 1 saturated heterocycles. The molecular formula is C23H23N3O. The fourth-order valence-electron chi connectivity index (χ4n) is 4.45. The Labute approximate surface area is 160 Å². The van der Waals surface area contributed by atoms with Gasteiger partial charge in [-0.3, -0.25) is 14.6 Å². The molecule has 4 nitrogen and oxygen atoms in total. The lowest BCUT2D eigenvalue weighted by Crippen LogP contribution is -2.31. The number of fused-ring (bicyclic) bond motifs is 2. The van der Waals surface area contributed by atoms with Crippen LogP contribution in [-0.2, 0) is 6.42 Å². The van der Waals surface area contributed by atoms with Gasteiger partial charge in [0.1, 0.15) is 0 Å². The number of rotatable bonds is 2. The molecule has 3 aliphatic rings. The monoisotopic (exact) mass is 357 g/mol. The van der Waals surface area contributed by atoms with Gasteiger partial charge in [0.05, 0.1) is 35.7 Å². The van der Waals surface area contributed by atoms with E-state index in [1.807, 2.05) is 35.2 Å². The van der Waals surface area contributed by atoms with Crippen LogP contribution in [-0.4, -0.2) is 43.5 Å². The van der Waals surface area contributed by atoms with E-state index in [2.05, 4.69) is 33.8 Å². The Bertz CT molecular complexity index is 950. The second-order valence-electron chi connectivity index (χ2n) is 7.43. The maximum absolute atomic E-state index is 13.4. The zero-order valence-corrected chi connectivity index (χ0v) is 15.4. The van der Waals surface area contributed by atoms with Crippen molar-refractivity contribution in [3.63, 3.8) is 0 Å². The van der Waals surface area contributed by atoms with Crippen molar-refractivity contribution in [1.29, 1.82) is 0 Å². The number of carbonyl (C=O) groups is 1. The first-order valence-electron chi connectivity index (χ1n) is 9.81. The zero-order valence-electron chi connectivity index (χ0n) is 15.4. The van der Waals surface area contributed by atoms with Crippen molar-refractivity contribution in [2.45, 2.75) is 19.3 Å². The highest BCUT2D eigenvalue weighted by Gasteiger charge is 2.34. The number of benzene rings is 2. The minimum atomic E-state index is 0.0548. The molecule has 5 rings (SSSR count). The van der Waals surface area contributed by atoms with Crippen molar-refractivity contribution in [2.75, 3.05) is 42.5 Å². The molecular weight excluding hydrogens is 334 g/mol. The van der Waals surface area contributed by atoms with Crippen LogP contribution >= 0.6 is 0 Å². The molecule has 2 aromatic carbocycles. The number of hydrogen-bond donors (Lipinski definition) is 0. The van der Waals surface area contributed by atoms with Gasteiger partial charge in [0.15, 0.2) is 0 Å². The first-order valence-corrected chi connectivity index (χ1v) is 9.81. The smallest absolute Gasteiger partial charge is 0.261 e. The number of nitrogens with zero attached hydrogens (tertiary/aromatic N) is 3. The highest BCUT2D eigenvalue weighted by Crippen LogP contribution is 2.45. The van der Waals surface area contributed by atoms with E-state index in [9.17, 15) is 4.79 Å². The Morgan fingerprint density at radius 3 is 2.48 bits per heavy atom. The van der Waals surface area contributed by atoms with Crippen LogP contribution in [0.1, 0.15) is 28.8 Å². The second-order valence-corrected chi connectivity index (χ2v) is 7.43. The lowest BCUT2D eigenvalue weighted by Gasteiger charge is -2.23. The van der Waals surface area contributed by atoms with Gasteiger partial charge in [0.2, 0.25) is 0 Å². The second kappa shape index (κ2) is 6.75. The summed E-state index contributed by atoms with van der Waals surface area (Å²) in [6.45, 7) is 4.44. The lowest BCUT2D eigenvalue weighted by molar-refractivity contribution is 0.0991. The van der Waals surface area contributed by atoms with Gasteiger partial charge < -0.3 is 4.90 Å². The lowest BCUT2D eigenvalue weighted by atomic mass is 10.1. The average molecular weight is 357 g/mol. The molecule has 0 saturated carbocycles. The predicted molar refractivity (Wildman–Crippen MR) is 109 cm³/mol. The number of para-hydroxylation sites is 3. The minimum Gasteiger partial charge on any atom is -0.339 e.